The SMILES string of the molecule is O=C(O)C1CCCOC1c1cccc2ccccc12. The highest BCUT2D eigenvalue weighted by Gasteiger charge is 2.33. The summed E-state index contributed by atoms with van der Waals surface area (Å²) in [5, 5.41) is 11.6. The van der Waals surface area contributed by atoms with E-state index in [2.05, 4.69) is 0 Å². The second-order valence-electron chi connectivity index (χ2n) is 4.95. The Kier molecular flexibility index (Phi) is 3.22. The number of fused-ring (bicyclic) bond motifs is 1. The molecule has 19 heavy (non-hydrogen) atoms. The average Bonchev–Trinajstić information content (AvgIpc) is 2.46. The molecular formula is C16H16O3. The van der Waals surface area contributed by atoms with Crippen molar-refractivity contribution in [2.24, 2.45) is 5.92 Å². The van der Waals surface area contributed by atoms with Crippen LogP contribution in [0.5, 0.6) is 0 Å². The molecule has 98 valence electrons. The molecule has 3 nitrogen and oxygen atoms in total. The Morgan fingerprint density at radius 2 is 1.95 bits per heavy atom. The molecule has 0 spiro atoms. The van der Waals surface area contributed by atoms with E-state index >= 15 is 0 Å². The van der Waals surface area contributed by atoms with Crippen molar-refractivity contribution in [1.82, 2.24) is 0 Å². The van der Waals surface area contributed by atoms with Crippen LogP contribution in [0.25, 0.3) is 10.8 Å². The summed E-state index contributed by atoms with van der Waals surface area (Å²) in [5.41, 5.74) is 0.991. The maximum absolute atomic E-state index is 11.4. The number of hydrogen-bond acceptors (Lipinski definition) is 2. The molecule has 1 fully saturated rings. The lowest BCUT2D eigenvalue weighted by atomic mass is 9.87. The zero-order valence-corrected chi connectivity index (χ0v) is 10.6. The second-order valence-corrected chi connectivity index (χ2v) is 4.95. The van der Waals surface area contributed by atoms with Crippen LogP contribution in [0, 0.1) is 5.92 Å². The first-order chi connectivity index (χ1) is 9.27. The Morgan fingerprint density at radius 1 is 1.16 bits per heavy atom. The largest absolute Gasteiger partial charge is 0.481 e. The standard InChI is InChI=1S/C16H16O3/c17-16(18)14-9-4-10-19-15(14)13-8-3-6-11-5-1-2-7-12(11)13/h1-3,5-8,14-15H,4,9-10H2,(H,17,18). The van der Waals surface area contributed by atoms with Gasteiger partial charge < -0.3 is 9.84 Å². The van der Waals surface area contributed by atoms with Gasteiger partial charge in [-0.15, -0.1) is 0 Å². The van der Waals surface area contributed by atoms with E-state index in [0.717, 1.165) is 22.8 Å². The minimum absolute atomic E-state index is 0.336. The number of carboxylic acid groups (broad SMARTS) is 1. The molecule has 0 amide bonds. The van der Waals surface area contributed by atoms with Gasteiger partial charge in [0.1, 0.15) is 0 Å². The van der Waals surface area contributed by atoms with Gasteiger partial charge in [0.15, 0.2) is 0 Å². The number of ether oxygens (including phenoxy) is 1. The Balaban J connectivity index is 2.09. The van der Waals surface area contributed by atoms with E-state index in [1.807, 2.05) is 42.5 Å². The van der Waals surface area contributed by atoms with Crippen molar-refractivity contribution in [3.05, 3.63) is 48.0 Å². The van der Waals surface area contributed by atoms with Gasteiger partial charge in [0.05, 0.1) is 12.0 Å². The number of aliphatic carboxylic acids is 1. The van der Waals surface area contributed by atoms with Crippen LogP contribution in [0.2, 0.25) is 0 Å². The van der Waals surface area contributed by atoms with Gasteiger partial charge in [0.25, 0.3) is 0 Å². The molecule has 3 heteroatoms. The summed E-state index contributed by atoms with van der Waals surface area (Å²) in [5.74, 6) is -1.21. The van der Waals surface area contributed by atoms with Crippen molar-refractivity contribution < 1.29 is 14.6 Å². The lowest BCUT2D eigenvalue weighted by Gasteiger charge is -2.30. The molecule has 1 N–H and O–H groups in total. The first kappa shape index (κ1) is 12.2. The zero-order valence-electron chi connectivity index (χ0n) is 10.6. The van der Waals surface area contributed by atoms with Crippen molar-refractivity contribution in [3.8, 4) is 0 Å². The van der Waals surface area contributed by atoms with Gasteiger partial charge in [-0.2, -0.15) is 0 Å². The van der Waals surface area contributed by atoms with Crippen LogP contribution in [-0.2, 0) is 9.53 Å². The number of benzene rings is 2. The quantitative estimate of drug-likeness (QED) is 0.895. The molecule has 2 atom stereocenters. The van der Waals surface area contributed by atoms with E-state index in [1.165, 1.54) is 0 Å². The monoisotopic (exact) mass is 256 g/mol. The minimum Gasteiger partial charge on any atom is -0.481 e. The fraction of sp³-hybridized carbons (Fsp3) is 0.312. The normalized spacial score (nSPS) is 23.4. The van der Waals surface area contributed by atoms with E-state index in [1.54, 1.807) is 0 Å². The molecule has 1 saturated heterocycles. The van der Waals surface area contributed by atoms with Crippen LogP contribution in [0.4, 0.5) is 0 Å². The summed E-state index contributed by atoms with van der Waals surface area (Å²) in [4.78, 5) is 11.4. The molecule has 0 radical (unpaired) electrons. The molecule has 1 heterocycles. The number of rotatable bonds is 2. The molecule has 2 aromatic carbocycles. The first-order valence-electron chi connectivity index (χ1n) is 6.59. The van der Waals surface area contributed by atoms with Gasteiger partial charge >= 0.3 is 5.97 Å². The topological polar surface area (TPSA) is 46.5 Å². The Labute approximate surface area is 111 Å². The van der Waals surface area contributed by atoms with Gasteiger partial charge in [0, 0.05) is 6.61 Å². The molecule has 0 bridgehead atoms. The van der Waals surface area contributed by atoms with E-state index in [4.69, 9.17) is 4.74 Å². The molecule has 0 aromatic heterocycles. The number of carboxylic acids is 1. The van der Waals surface area contributed by atoms with Crippen molar-refractivity contribution in [1.29, 1.82) is 0 Å². The summed E-state index contributed by atoms with van der Waals surface area (Å²) >= 11 is 0. The summed E-state index contributed by atoms with van der Waals surface area (Å²) in [6.07, 6.45) is 1.17. The van der Waals surface area contributed by atoms with Gasteiger partial charge in [-0.05, 0) is 29.2 Å². The van der Waals surface area contributed by atoms with Gasteiger partial charge in [-0.3, -0.25) is 4.79 Å². The second kappa shape index (κ2) is 5.02. The number of hydrogen-bond donors (Lipinski definition) is 1. The van der Waals surface area contributed by atoms with E-state index in [0.29, 0.717) is 13.0 Å². The van der Waals surface area contributed by atoms with Crippen LogP contribution in [-0.4, -0.2) is 17.7 Å². The highest BCUT2D eigenvalue weighted by Crippen LogP contribution is 2.37. The lowest BCUT2D eigenvalue weighted by molar-refractivity contribution is -0.151. The third-order valence-corrected chi connectivity index (χ3v) is 3.77. The zero-order chi connectivity index (χ0) is 13.2. The Bertz CT molecular complexity index is 600. The summed E-state index contributed by atoms with van der Waals surface area (Å²) in [6, 6.07) is 14.0. The van der Waals surface area contributed by atoms with E-state index in [9.17, 15) is 9.90 Å². The fourth-order valence-electron chi connectivity index (χ4n) is 2.84. The van der Waals surface area contributed by atoms with Crippen LogP contribution >= 0.6 is 0 Å². The molecule has 1 aliphatic rings. The molecular weight excluding hydrogens is 240 g/mol. The summed E-state index contributed by atoms with van der Waals surface area (Å²) in [6.45, 7) is 0.637. The van der Waals surface area contributed by atoms with Crippen molar-refractivity contribution in [2.45, 2.75) is 18.9 Å². The lowest BCUT2D eigenvalue weighted by Crippen LogP contribution is -2.29. The maximum Gasteiger partial charge on any atom is 0.309 e. The summed E-state index contributed by atoms with van der Waals surface area (Å²) < 4.78 is 5.77. The molecule has 2 unspecified atom stereocenters. The van der Waals surface area contributed by atoms with Crippen LogP contribution in [0.1, 0.15) is 24.5 Å². The van der Waals surface area contributed by atoms with Gasteiger partial charge in [-0.1, -0.05) is 42.5 Å². The highest BCUT2D eigenvalue weighted by molar-refractivity contribution is 5.86. The first-order valence-corrected chi connectivity index (χ1v) is 6.59. The highest BCUT2D eigenvalue weighted by atomic mass is 16.5. The predicted octanol–water partition coefficient (Wildman–Crippen LogP) is 3.39. The fourth-order valence-corrected chi connectivity index (χ4v) is 2.84. The Morgan fingerprint density at radius 3 is 2.79 bits per heavy atom. The third kappa shape index (κ3) is 2.22. The maximum atomic E-state index is 11.4. The van der Waals surface area contributed by atoms with Crippen LogP contribution in [0.15, 0.2) is 42.5 Å². The Hall–Kier alpha value is -1.87. The molecule has 0 saturated carbocycles. The predicted molar refractivity (Wildman–Crippen MR) is 73.0 cm³/mol. The van der Waals surface area contributed by atoms with Crippen molar-refractivity contribution in [2.75, 3.05) is 6.61 Å². The van der Waals surface area contributed by atoms with Crippen molar-refractivity contribution >= 4 is 16.7 Å². The van der Waals surface area contributed by atoms with E-state index in [-0.39, 0.29) is 6.10 Å². The van der Waals surface area contributed by atoms with Crippen molar-refractivity contribution in [3.63, 3.8) is 0 Å². The molecule has 1 aliphatic heterocycles. The molecule has 2 aromatic rings. The van der Waals surface area contributed by atoms with Crippen LogP contribution in [0.3, 0.4) is 0 Å². The van der Waals surface area contributed by atoms with Crippen LogP contribution < -0.4 is 0 Å². The van der Waals surface area contributed by atoms with E-state index < -0.39 is 11.9 Å². The average molecular weight is 256 g/mol. The van der Waals surface area contributed by atoms with Gasteiger partial charge in [0.2, 0.25) is 0 Å². The number of carbonyl (C=O) groups is 1. The minimum atomic E-state index is -0.766. The summed E-state index contributed by atoms with van der Waals surface area (Å²) in [7, 11) is 0. The smallest absolute Gasteiger partial charge is 0.309 e. The molecule has 3 rings (SSSR count). The molecule has 0 aliphatic carbocycles. The third-order valence-electron chi connectivity index (χ3n) is 3.77. The van der Waals surface area contributed by atoms with Gasteiger partial charge in [-0.25, -0.2) is 0 Å².